The van der Waals surface area contributed by atoms with E-state index in [0.29, 0.717) is 26.0 Å². The smallest absolute Gasteiger partial charge is 0.264 e. The number of hydrogen-bond donors (Lipinski definition) is 2. The van der Waals surface area contributed by atoms with Crippen LogP contribution in [0.2, 0.25) is 0 Å². The lowest BCUT2D eigenvalue weighted by Gasteiger charge is -2.09. The molecular weight excluding hydrogens is 502 g/mol. The van der Waals surface area contributed by atoms with Gasteiger partial charge < -0.3 is 15.4 Å². The zero-order chi connectivity index (χ0) is 23.2. The molecule has 0 unspecified atom stereocenters. The maximum Gasteiger partial charge on any atom is 0.264 e. The minimum Gasteiger partial charge on any atom is -0.483 e. The highest BCUT2D eigenvalue weighted by Crippen LogP contribution is 2.31. The van der Waals surface area contributed by atoms with Crippen molar-refractivity contribution in [1.82, 2.24) is 5.32 Å². The molecule has 2 N–H and O–H groups in total. The highest BCUT2D eigenvalue weighted by molar-refractivity contribution is 9.10. The zero-order valence-corrected chi connectivity index (χ0v) is 20.1. The van der Waals surface area contributed by atoms with E-state index in [2.05, 4.69) is 31.6 Å². The molecule has 1 heterocycles. The molecule has 4 rings (SSSR count). The molecule has 6 nitrogen and oxygen atoms in total. The second-order valence-electron chi connectivity index (χ2n) is 7.21. The molecule has 2 amide bonds. The molecule has 8 heteroatoms. The molecule has 0 aromatic heterocycles. The number of rotatable bonds is 6. The van der Waals surface area contributed by atoms with E-state index in [-0.39, 0.29) is 18.4 Å². The van der Waals surface area contributed by atoms with Gasteiger partial charge in [-0.25, -0.2) is 4.99 Å². The molecule has 1 aliphatic heterocycles. The Morgan fingerprint density at radius 1 is 1.12 bits per heavy atom. The van der Waals surface area contributed by atoms with Crippen LogP contribution in [-0.4, -0.2) is 23.6 Å². The summed E-state index contributed by atoms with van der Waals surface area (Å²) in [7, 11) is 0. The molecule has 33 heavy (non-hydrogen) atoms. The van der Waals surface area contributed by atoms with Crippen molar-refractivity contribution in [3.8, 4) is 5.75 Å². The lowest BCUT2D eigenvalue weighted by atomic mass is 10.2. The third-order valence-electron chi connectivity index (χ3n) is 4.59. The number of benzene rings is 3. The lowest BCUT2D eigenvalue weighted by molar-refractivity contribution is -0.118. The third-order valence-corrected chi connectivity index (χ3v) is 6.12. The monoisotopic (exact) mass is 521 g/mol. The van der Waals surface area contributed by atoms with Crippen molar-refractivity contribution < 1.29 is 14.3 Å². The predicted molar refractivity (Wildman–Crippen MR) is 137 cm³/mol. The van der Waals surface area contributed by atoms with Gasteiger partial charge in [-0.2, -0.15) is 0 Å². The average molecular weight is 522 g/mol. The molecule has 3 aromatic rings. The fourth-order valence-corrected chi connectivity index (χ4v) is 4.31. The fraction of sp³-hybridized carbons (Fsp3) is 0.0800. The van der Waals surface area contributed by atoms with Crippen LogP contribution in [-0.2, 0) is 9.59 Å². The number of halogens is 1. The molecule has 0 atom stereocenters. The number of aliphatic imine (C=N–C) groups is 1. The van der Waals surface area contributed by atoms with Crippen LogP contribution in [0.5, 0.6) is 5.75 Å². The summed E-state index contributed by atoms with van der Waals surface area (Å²) in [6, 6.07) is 22.4. The standard InChI is InChI=1S/C25H20BrN3O3S/c1-16-7-10-19(11-8-16)28-25-29-24(31)22(33-25)14-17-9-12-21(20(26)13-17)32-15-23(30)27-18-5-3-2-4-6-18/h2-14H,15H2,1H3,(H,27,30)(H,28,29,31)/b22-14+. The number of amides is 2. The van der Waals surface area contributed by atoms with E-state index in [1.807, 2.05) is 73.7 Å². The number of carbonyl (C=O) groups is 2. The topological polar surface area (TPSA) is 79.8 Å². The highest BCUT2D eigenvalue weighted by Gasteiger charge is 2.23. The first-order valence-corrected chi connectivity index (χ1v) is 11.7. The first kappa shape index (κ1) is 22.8. The van der Waals surface area contributed by atoms with Gasteiger partial charge in [0, 0.05) is 5.69 Å². The molecule has 3 aromatic carbocycles. The molecule has 1 aliphatic rings. The van der Waals surface area contributed by atoms with Gasteiger partial charge in [-0.3, -0.25) is 9.59 Å². The summed E-state index contributed by atoms with van der Waals surface area (Å²) in [6.07, 6.45) is 1.79. The van der Waals surface area contributed by atoms with Gasteiger partial charge in [0.05, 0.1) is 15.1 Å². The van der Waals surface area contributed by atoms with Crippen LogP contribution in [0.1, 0.15) is 11.1 Å². The van der Waals surface area contributed by atoms with Crippen molar-refractivity contribution in [2.45, 2.75) is 6.92 Å². The number of amidine groups is 1. The maximum absolute atomic E-state index is 12.4. The molecule has 0 bridgehead atoms. The van der Waals surface area contributed by atoms with Gasteiger partial charge >= 0.3 is 0 Å². The number of anilines is 1. The number of carbonyl (C=O) groups excluding carboxylic acids is 2. The van der Waals surface area contributed by atoms with Crippen LogP contribution >= 0.6 is 27.7 Å². The van der Waals surface area contributed by atoms with Crippen LogP contribution in [0, 0.1) is 6.92 Å². The van der Waals surface area contributed by atoms with Crippen molar-refractivity contribution in [1.29, 1.82) is 0 Å². The van der Waals surface area contributed by atoms with E-state index in [1.54, 1.807) is 12.1 Å². The number of nitrogens with zero attached hydrogens (tertiary/aromatic N) is 1. The Bertz CT molecular complexity index is 1240. The van der Waals surface area contributed by atoms with Crippen LogP contribution < -0.4 is 15.4 Å². The van der Waals surface area contributed by atoms with Gasteiger partial charge in [0.25, 0.3) is 11.8 Å². The molecule has 1 fully saturated rings. The Morgan fingerprint density at radius 2 is 1.88 bits per heavy atom. The van der Waals surface area contributed by atoms with E-state index in [1.165, 1.54) is 11.8 Å². The molecule has 166 valence electrons. The van der Waals surface area contributed by atoms with Crippen molar-refractivity contribution >= 4 is 62.1 Å². The number of ether oxygens (including phenoxy) is 1. The Morgan fingerprint density at radius 3 is 2.61 bits per heavy atom. The lowest BCUT2D eigenvalue weighted by Crippen LogP contribution is -2.20. The Labute approximate surface area is 204 Å². The van der Waals surface area contributed by atoms with E-state index in [9.17, 15) is 9.59 Å². The van der Waals surface area contributed by atoms with Crippen LogP contribution in [0.3, 0.4) is 0 Å². The Hall–Kier alpha value is -3.36. The maximum atomic E-state index is 12.4. The third kappa shape index (κ3) is 6.34. The number of thioether (sulfide) groups is 1. The van der Waals surface area contributed by atoms with Crippen molar-refractivity contribution in [2.75, 3.05) is 11.9 Å². The Kier molecular flexibility index (Phi) is 7.26. The van der Waals surface area contributed by atoms with Crippen LogP contribution in [0.25, 0.3) is 6.08 Å². The van der Waals surface area contributed by atoms with Gasteiger partial charge in [0.1, 0.15) is 5.75 Å². The summed E-state index contributed by atoms with van der Waals surface area (Å²) in [5.74, 6) is 0.0871. The van der Waals surface area contributed by atoms with Gasteiger partial charge in [0.15, 0.2) is 11.8 Å². The summed E-state index contributed by atoms with van der Waals surface area (Å²) >= 11 is 4.76. The molecule has 0 saturated carbocycles. The molecule has 0 spiro atoms. The van der Waals surface area contributed by atoms with Crippen LogP contribution in [0.4, 0.5) is 11.4 Å². The second kappa shape index (κ2) is 10.5. The SMILES string of the molecule is Cc1ccc(N=C2NC(=O)/C(=C\c3ccc(OCC(=O)Nc4ccccc4)c(Br)c3)S2)cc1. The van der Waals surface area contributed by atoms with E-state index >= 15 is 0 Å². The van der Waals surface area contributed by atoms with E-state index in [4.69, 9.17) is 4.74 Å². The summed E-state index contributed by atoms with van der Waals surface area (Å²) < 4.78 is 6.31. The summed E-state index contributed by atoms with van der Waals surface area (Å²) in [4.78, 5) is 29.5. The zero-order valence-electron chi connectivity index (χ0n) is 17.7. The summed E-state index contributed by atoms with van der Waals surface area (Å²) in [5.41, 5.74) is 3.46. The summed E-state index contributed by atoms with van der Waals surface area (Å²) in [6.45, 7) is 1.89. The normalized spacial score (nSPS) is 15.5. The minimum absolute atomic E-state index is 0.120. The van der Waals surface area contributed by atoms with Crippen molar-refractivity contribution in [2.24, 2.45) is 4.99 Å². The van der Waals surface area contributed by atoms with Gasteiger partial charge in [-0.05, 0) is 82.7 Å². The number of nitrogens with one attached hydrogen (secondary N) is 2. The first-order valence-electron chi connectivity index (χ1n) is 10.1. The summed E-state index contributed by atoms with van der Waals surface area (Å²) in [5, 5.41) is 6.10. The highest BCUT2D eigenvalue weighted by atomic mass is 79.9. The largest absolute Gasteiger partial charge is 0.483 e. The van der Waals surface area contributed by atoms with E-state index < -0.39 is 0 Å². The second-order valence-corrected chi connectivity index (χ2v) is 9.10. The molecular formula is C25H20BrN3O3S. The van der Waals surface area contributed by atoms with E-state index in [0.717, 1.165) is 16.8 Å². The van der Waals surface area contributed by atoms with Crippen LogP contribution in [0.15, 0.2) is 87.2 Å². The van der Waals surface area contributed by atoms with Gasteiger partial charge in [-0.1, -0.05) is 42.0 Å². The Balaban J connectivity index is 1.38. The van der Waals surface area contributed by atoms with Crippen molar-refractivity contribution in [3.63, 3.8) is 0 Å². The van der Waals surface area contributed by atoms with Gasteiger partial charge in [-0.15, -0.1) is 0 Å². The number of aryl methyl sites for hydroxylation is 1. The number of para-hydroxylation sites is 1. The van der Waals surface area contributed by atoms with Gasteiger partial charge in [0.2, 0.25) is 0 Å². The predicted octanol–water partition coefficient (Wildman–Crippen LogP) is 5.67. The quantitative estimate of drug-likeness (QED) is 0.409. The van der Waals surface area contributed by atoms with Crippen molar-refractivity contribution in [3.05, 3.63) is 93.3 Å². The number of hydrogen-bond acceptors (Lipinski definition) is 5. The minimum atomic E-state index is -0.251. The molecule has 0 aliphatic carbocycles. The molecule has 0 radical (unpaired) electrons. The average Bonchev–Trinajstić information content (AvgIpc) is 3.14. The first-order chi connectivity index (χ1) is 16.0. The molecule has 1 saturated heterocycles. The fourth-order valence-electron chi connectivity index (χ4n) is 2.95.